The van der Waals surface area contributed by atoms with Gasteiger partial charge < -0.3 is 19.5 Å². The molecule has 2 saturated carbocycles. The van der Waals surface area contributed by atoms with Crippen molar-refractivity contribution in [3.63, 3.8) is 0 Å². The number of hydrogen-bond donors (Lipinski definition) is 2. The molecule has 2 fully saturated rings. The van der Waals surface area contributed by atoms with Crippen LogP contribution in [0.1, 0.15) is 27.2 Å². The maximum absolute atomic E-state index is 12.3. The smallest absolute Gasteiger partial charge is 0.112 e. The molecule has 2 aliphatic rings. The molecule has 0 spiro atoms. The first-order chi connectivity index (χ1) is 8.23. The monoisotopic (exact) mass is 274 g/mol. The molecule has 0 saturated heterocycles. The van der Waals surface area contributed by atoms with Gasteiger partial charge in [0, 0.05) is 12.3 Å². The number of fused-ring (bicyclic) bond motifs is 1. The van der Waals surface area contributed by atoms with Gasteiger partial charge >= 0.3 is 0 Å². The quantitative estimate of drug-likeness (QED) is 0.571. The van der Waals surface area contributed by atoms with E-state index in [9.17, 15) is 14.8 Å². The van der Waals surface area contributed by atoms with Crippen LogP contribution in [0.25, 0.3) is 0 Å². The summed E-state index contributed by atoms with van der Waals surface area (Å²) in [6, 6.07) is 0. The second kappa shape index (κ2) is 4.34. The van der Waals surface area contributed by atoms with Crippen LogP contribution in [0.4, 0.5) is 0 Å². The van der Waals surface area contributed by atoms with E-state index < -0.39 is 24.4 Å². The average molecular weight is 274 g/mol. The van der Waals surface area contributed by atoms with E-state index in [4.69, 9.17) is 4.74 Å². The van der Waals surface area contributed by atoms with Crippen molar-refractivity contribution in [3.8, 4) is 0 Å². The van der Waals surface area contributed by atoms with Crippen molar-refractivity contribution in [2.75, 3.05) is 18.7 Å². The van der Waals surface area contributed by atoms with Gasteiger partial charge in [0.05, 0.1) is 5.60 Å². The normalized spacial score (nSPS) is 47.1. The first-order valence-electron chi connectivity index (χ1n) is 6.85. The number of aliphatic hydroxyl groups excluding tert-OH is 1. The van der Waals surface area contributed by atoms with Crippen LogP contribution in [-0.4, -0.2) is 54.0 Å². The van der Waals surface area contributed by atoms with Crippen LogP contribution >= 0.6 is 7.14 Å². The zero-order chi connectivity index (χ0) is 13.8. The SMILES string of the molecule is B[C@@H]1C2CC2(OCP(=O)(CC)CC)[C@@H](O)[C@@]1(C)O. The van der Waals surface area contributed by atoms with Crippen molar-refractivity contribution in [2.24, 2.45) is 5.92 Å². The van der Waals surface area contributed by atoms with E-state index in [-0.39, 0.29) is 18.1 Å². The molecule has 104 valence electrons. The van der Waals surface area contributed by atoms with Crippen LogP contribution in [0.15, 0.2) is 0 Å². The summed E-state index contributed by atoms with van der Waals surface area (Å²) in [7, 11) is -0.303. The highest BCUT2D eigenvalue weighted by molar-refractivity contribution is 7.63. The zero-order valence-corrected chi connectivity index (χ0v) is 12.6. The Bertz CT molecular complexity index is 378. The first kappa shape index (κ1) is 14.6. The lowest BCUT2D eigenvalue weighted by Crippen LogP contribution is -2.46. The van der Waals surface area contributed by atoms with Crippen molar-refractivity contribution >= 4 is 15.0 Å². The molecular formula is C12H24BO4P. The van der Waals surface area contributed by atoms with E-state index >= 15 is 0 Å². The van der Waals surface area contributed by atoms with Gasteiger partial charge in [-0.1, -0.05) is 13.8 Å². The maximum Gasteiger partial charge on any atom is 0.112 e. The third-order valence-electron chi connectivity index (χ3n) is 5.27. The van der Waals surface area contributed by atoms with E-state index in [0.717, 1.165) is 6.42 Å². The van der Waals surface area contributed by atoms with Crippen molar-refractivity contribution in [2.45, 2.75) is 50.3 Å². The Balaban J connectivity index is 2.07. The Kier molecular flexibility index (Phi) is 3.52. The van der Waals surface area contributed by atoms with Gasteiger partial charge in [0.15, 0.2) is 0 Å². The van der Waals surface area contributed by atoms with E-state index in [1.807, 2.05) is 21.7 Å². The molecule has 18 heavy (non-hydrogen) atoms. The average Bonchev–Trinajstić information content (AvgIpc) is 3.06. The maximum atomic E-state index is 12.3. The molecule has 0 bridgehead atoms. The van der Waals surface area contributed by atoms with E-state index in [1.54, 1.807) is 6.92 Å². The van der Waals surface area contributed by atoms with Crippen molar-refractivity contribution in [3.05, 3.63) is 0 Å². The first-order valence-corrected chi connectivity index (χ1v) is 9.11. The predicted molar refractivity (Wildman–Crippen MR) is 74.4 cm³/mol. The summed E-state index contributed by atoms with van der Waals surface area (Å²) in [5.74, 6) is 0.222. The fraction of sp³-hybridized carbons (Fsp3) is 1.00. The second-order valence-electron chi connectivity index (χ2n) is 6.15. The summed E-state index contributed by atoms with van der Waals surface area (Å²) in [5, 5.41) is 20.5. The van der Waals surface area contributed by atoms with Crippen LogP contribution in [0.5, 0.6) is 0 Å². The van der Waals surface area contributed by atoms with E-state index in [1.165, 1.54) is 0 Å². The minimum Gasteiger partial charge on any atom is -0.388 e. The molecular weight excluding hydrogens is 250 g/mol. The minimum absolute atomic E-state index is 0.0233. The van der Waals surface area contributed by atoms with Crippen molar-refractivity contribution in [1.82, 2.24) is 0 Å². The van der Waals surface area contributed by atoms with Gasteiger partial charge in [-0.3, -0.25) is 0 Å². The minimum atomic E-state index is -2.25. The fourth-order valence-corrected chi connectivity index (χ4v) is 4.53. The van der Waals surface area contributed by atoms with Crippen LogP contribution in [0.2, 0.25) is 5.82 Å². The Morgan fingerprint density at radius 3 is 2.39 bits per heavy atom. The lowest BCUT2D eigenvalue weighted by atomic mass is 9.73. The highest BCUT2D eigenvalue weighted by Crippen LogP contribution is 2.67. The topological polar surface area (TPSA) is 66.8 Å². The molecule has 0 radical (unpaired) electrons. The van der Waals surface area contributed by atoms with E-state index in [2.05, 4.69) is 0 Å². The number of hydrogen-bond acceptors (Lipinski definition) is 4. The van der Waals surface area contributed by atoms with E-state index in [0.29, 0.717) is 12.3 Å². The molecule has 5 atom stereocenters. The largest absolute Gasteiger partial charge is 0.388 e. The van der Waals surface area contributed by atoms with Crippen LogP contribution < -0.4 is 0 Å². The number of rotatable bonds is 5. The molecule has 2 aliphatic carbocycles. The van der Waals surface area contributed by atoms with Gasteiger partial charge in [-0.2, -0.15) is 0 Å². The molecule has 2 rings (SSSR count). The third-order valence-corrected chi connectivity index (χ3v) is 8.17. The Labute approximate surface area is 110 Å². The summed E-state index contributed by atoms with van der Waals surface area (Å²) in [6.07, 6.45) is 1.40. The molecule has 0 aromatic heterocycles. The predicted octanol–water partition coefficient (Wildman–Crippen LogP) is 0.669. The third kappa shape index (κ3) is 1.91. The van der Waals surface area contributed by atoms with Gasteiger partial charge in [-0.05, 0) is 25.1 Å². The van der Waals surface area contributed by atoms with Gasteiger partial charge in [0.1, 0.15) is 33.0 Å². The molecule has 2 N–H and O–H groups in total. The van der Waals surface area contributed by atoms with Crippen LogP contribution in [-0.2, 0) is 9.30 Å². The van der Waals surface area contributed by atoms with Gasteiger partial charge in [0.25, 0.3) is 0 Å². The Morgan fingerprint density at radius 1 is 1.44 bits per heavy atom. The number of ether oxygens (including phenoxy) is 1. The zero-order valence-electron chi connectivity index (χ0n) is 11.7. The molecule has 0 aliphatic heterocycles. The summed E-state index contributed by atoms with van der Waals surface area (Å²) in [4.78, 5) is 0. The van der Waals surface area contributed by atoms with Crippen LogP contribution in [0.3, 0.4) is 0 Å². The fourth-order valence-electron chi connectivity index (χ4n) is 3.24. The summed E-state index contributed by atoms with van der Waals surface area (Å²) in [5.41, 5.74) is -1.73. The van der Waals surface area contributed by atoms with Crippen LogP contribution in [0, 0.1) is 5.92 Å². The highest BCUT2D eigenvalue weighted by atomic mass is 31.2. The van der Waals surface area contributed by atoms with Gasteiger partial charge in [-0.25, -0.2) is 0 Å². The lowest BCUT2D eigenvalue weighted by molar-refractivity contribution is -0.115. The molecule has 2 unspecified atom stereocenters. The summed E-state index contributed by atoms with van der Waals surface area (Å²) < 4.78 is 18.2. The summed E-state index contributed by atoms with van der Waals surface area (Å²) >= 11 is 0. The van der Waals surface area contributed by atoms with Crippen molar-refractivity contribution in [1.29, 1.82) is 0 Å². The Hall–Kier alpha value is 0.175. The molecule has 4 nitrogen and oxygen atoms in total. The summed E-state index contributed by atoms with van der Waals surface area (Å²) in [6.45, 7) is 5.50. The van der Waals surface area contributed by atoms with Gasteiger partial charge in [-0.15, -0.1) is 0 Å². The standard InChI is InChI=1S/C12H24BO4P/c1-4-18(16,5-2)7-17-12-6-8(12)9(13)11(3,15)10(12)14/h8-10,14-15H,4-7,13H2,1-3H3/t8?,9-,10+,11+,12?/m1/s1. The molecule has 0 amide bonds. The number of aliphatic hydroxyl groups is 2. The molecule has 0 heterocycles. The second-order valence-corrected chi connectivity index (χ2v) is 9.79. The van der Waals surface area contributed by atoms with Crippen molar-refractivity contribution < 1.29 is 19.5 Å². The molecule has 0 aromatic rings. The molecule has 6 heteroatoms. The highest BCUT2D eigenvalue weighted by Gasteiger charge is 2.74. The molecule has 0 aromatic carbocycles. The lowest BCUT2D eigenvalue weighted by Gasteiger charge is -2.32. The van der Waals surface area contributed by atoms with Gasteiger partial charge in [0.2, 0.25) is 0 Å². The Morgan fingerprint density at radius 2 is 2.00 bits per heavy atom.